The number of fused-ring (bicyclic) bond motifs is 1. The SMILES string of the molecule is CS[C@H]1OC(c2ccc(Cl)c(Cc3ccc([C@]45CCCC[C@H]4C5)cc3)c2)[C@H](O)[C@@H](O)[C@@H]1O. The smallest absolute Gasteiger partial charge is 0.132 e. The third-order valence-electron chi connectivity index (χ3n) is 7.78. The van der Waals surface area contributed by atoms with Crippen LogP contribution in [0.2, 0.25) is 5.02 Å². The quantitative estimate of drug-likeness (QED) is 0.590. The van der Waals surface area contributed by atoms with E-state index in [4.69, 9.17) is 16.3 Å². The number of rotatable bonds is 5. The van der Waals surface area contributed by atoms with Gasteiger partial charge >= 0.3 is 0 Å². The number of thioether (sulfide) groups is 1. The van der Waals surface area contributed by atoms with Gasteiger partial charge in [-0.1, -0.05) is 60.8 Å². The number of halogens is 1. The van der Waals surface area contributed by atoms with E-state index < -0.39 is 29.9 Å². The number of hydrogen-bond acceptors (Lipinski definition) is 5. The first kappa shape index (κ1) is 22.7. The lowest BCUT2D eigenvalue weighted by Crippen LogP contribution is -2.52. The Hall–Kier alpha value is -1.08. The Morgan fingerprint density at radius 2 is 1.81 bits per heavy atom. The highest BCUT2D eigenvalue weighted by Crippen LogP contribution is 2.62. The predicted octanol–water partition coefficient (Wildman–Crippen LogP) is 4.61. The Balaban J connectivity index is 1.34. The van der Waals surface area contributed by atoms with Crippen LogP contribution in [0.4, 0.5) is 0 Å². The Morgan fingerprint density at radius 3 is 2.53 bits per heavy atom. The lowest BCUT2D eigenvalue weighted by atomic mass is 9.82. The summed E-state index contributed by atoms with van der Waals surface area (Å²) >= 11 is 7.83. The number of aliphatic hydroxyl groups excluding tert-OH is 3. The van der Waals surface area contributed by atoms with Crippen LogP contribution >= 0.6 is 23.4 Å². The summed E-state index contributed by atoms with van der Waals surface area (Å²) in [4.78, 5) is 0. The number of benzene rings is 2. The Bertz CT molecular complexity index is 965. The third-order valence-corrected chi connectivity index (χ3v) is 9.00. The molecule has 7 atom stereocenters. The van der Waals surface area contributed by atoms with Gasteiger partial charge in [0.15, 0.2) is 0 Å². The van der Waals surface area contributed by atoms with E-state index in [-0.39, 0.29) is 0 Å². The molecule has 3 fully saturated rings. The van der Waals surface area contributed by atoms with Crippen molar-refractivity contribution in [1.82, 2.24) is 0 Å². The van der Waals surface area contributed by atoms with Crippen LogP contribution in [0.1, 0.15) is 60.5 Å². The molecule has 0 spiro atoms. The first-order valence-electron chi connectivity index (χ1n) is 11.5. The fourth-order valence-electron chi connectivity index (χ4n) is 5.79. The van der Waals surface area contributed by atoms with E-state index in [1.54, 1.807) is 0 Å². The van der Waals surface area contributed by atoms with Gasteiger partial charge in [-0.15, -0.1) is 11.8 Å². The second-order valence-corrected chi connectivity index (χ2v) is 11.0. The molecule has 0 aromatic heterocycles. The van der Waals surface area contributed by atoms with Crippen molar-refractivity contribution in [3.63, 3.8) is 0 Å². The molecule has 2 aliphatic carbocycles. The molecule has 172 valence electrons. The Labute approximate surface area is 199 Å². The van der Waals surface area contributed by atoms with Crippen molar-refractivity contribution in [1.29, 1.82) is 0 Å². The molecule has 5 rings (SSSR count). The van der Waals surface area contributed by atoms with Crippen molar-refractivity contribution in [3.05, 3.63) is 69.7 Å². The van der Waals surface area contributed by atoms with Crippen LogP contribution in [0.3, 0.4) is 0 Å². The Kier molecular flexibility index (Phi) is 6.34. The van der Waals surface area contributed by atoms with Crippen LogP contribution in [-0.2, 0) is 16.6 Å². The molecule has 2 aromatic rings. The van der Waals surface area contributed by atoms with E-state index in [1.807, 2.05) is 24.5 Å². The molecule has 2 aromatic carbocycles. The summed E-state index contributed by atoms with van der Waals surface area (Å²) in [5, 5.41) is 31.6. The van der Waals surface area contributed by atoms with E-state index in [0.717, 1.165) is 17.0 Å². The van der Waals surface area contributed by atoms with E-state index in [2.05, 4.69) is 24.3 Å². The summed E-state index contributed by atoms with van der Waals surface area (Å²) in [7, 11) is 0. The Morgan fingerprint density at radius 1 is 1.03 bits per heavy atom. The third kappa shape index (κ3) is 4.02. The topological polar surface area (TPSA) is 69.9 Å². The summed E-state index contributed by atoms with van der Waals surface area (Å²) in [6.07, 6.45) is 4.96. The highest BCUT2D eigenvalue weighted by molar-refractivity contribution is 7.99. The van der Waals surface area contributed by atoms with Gasteiger partial charge in [0.2, 0.25) is 0 Å². The van der Waals surface area contributed by atoms with E-state index in [0.29, 0.717) is 16.9 Å². The first-order valence-corrected chi connectivity index (χ1v) is 13.2. The zero-order chi connectivity index (χ0) is 22.5. The van der Waals surface area contributed by atoms with Gasteiger partial charge in [-0.05, 0) is 71.6 Å². The van der Waals surface area contributed by atoms with Crippen LogP contribution in [0.5, 0.6) is 0 Å². The molecule has 2 saturated carbocycles. The first-order chi connectivity index (χ1) is 15.4. The van der Waals surface area contributed by atoms with E-state index >= 15 is 0 Å². The maximum atomic E-state index is 10.5. The molecular formula is C26H31ClO4S. The lowest BCUT2D eigenvalue weighted by molar-refractivity contribution is -0.200. The molecule has 1 unspecified atom stereocenters. The summed E-state index contributed by atoms with van der Waals surface area (Å²) in [5.74, 6) is 0.883. The molecule has 1 heterocycles. The molecule has 3 aliphatic rings. The number of aliphatic hydroxyl groups is 3. The molecule has 6 heteroatoms. The van der Waals surface area contributed by atoms with Crippen molar-refractivity contribution >= 4 is 23.4 Å². The van der Waals surface area contributed by atoms with E-state index in [9.17, 15) is 15.3 Å². The fourth-order valence-corrected chi connectivity index (χ4v) is 6.65. The van der Waals surface area contributed by atoms with Crippen molar-refractivity contribution in [3.8, 4) is 0 Å². The zero-order valence-electron chi connectivity index (χ0n) is 18.3. The number of ether oxygens (including phenoxy) is 1. The number of hydrogen-bond donors (Lipinski definition) is 3. The van der Waals surface area contributed by atoms with E-state index in [1.165, 1.54) is 55.0 Å². The zero-order valence-corrected chi connectivity index (χ0v) is 19.9. The minimum absolute atomic E-state index is 0.446. The molecule has 3 N–H and O–H groups in total. The molecule has 0 amide bonds. The van der Waals surface area contributed by atoms with Crippen molar-refractivity contribution < 1.29 is 20.1 Å². The molecule has 32 heavy (non-hydrogen) atoms. The van der Waals surface area contributed by atoms with Gasteiger partial charge < -0.3 is 20.1 Å². The van der Waals surface area contributed by atoms with Gasteiger partial charge in [-0.25, -0.2) is 0 Å². The predicted molar refractivity (Wildman–Crippen MR) is 128 cm³/mol. The molecule has 1 saturated heterocycles. The average Bonchev–Trinajstić information content (AvgIpc) is 3.56. The second kappa shape index (κ2) is 8.94. The second-order valence-electron chi connectivity index (χ2n) is 9.66. The summed E-state index contributed by atoms with van der Waals surface area (Å²) in [6, 6.07) is 14.6. The normalized spacial score (nSPS) is 36.5. The van der Waals surface area contributed by atoms with Gasteiger partial charge in [0.1, 0.15) is 29.9 Å². The lowest BCUT2D eigenvalue weighted by Gasteiger charge is -2.40. The minimum atomic E-state index is -1.26. The highest BCUT2D eigenvalue weighted by atomic mass is 35.5. The standard InChI is InChI=1S/C26H31ClO4S/c1-32-25-23(30)21(28)22(29)24(31-25)16-7-10-20(27)17(13-16)12-15-5-8-18(9-6-15)26-11-3-2-4-19(26)14-26/h5-10,13,19,21-25,28-30H,2-4,11-12,14H2,1H3/t19-,21+,22+,23-,24?,25+,26+/m0/s1. The summed E-state index contributed by atoms with van der Waals surface area (Å²) in [5.41, 5.74) is 4.23. The van der Waals surface area contributed by atoms with Crippen LogP contribution < -0.4 is 0 Å². The van der Waals surface area contributed by atoms with Crippen LogP contribution in [0.15, 0.2) is 42.5 Å². The van der Waals surface area contributed by atoms with Crippen LogP contribution in [0.25, 0.3) is 0 Å². The van der Waals surface area contributed by atoms with Crippen molar-refractivity contribution in [2.24, 2.45) is 5.92 Å². The van der Waals surface area contributed by atoms with Crippen LogP contribution in [-0.4, -0.2) is 45.3 Å². The average molecular weight is 475 g/mol. The van der Waals surface area contributed by atoms with Gasteiger partial charge in [0.05, 0.1) is 0 Å². The monoisotopic (exact) mass is 474 g/mol. The molecule has 0 bridgehead atoms. The maximum absolute atomic E-state index is 10.5. The minimum Gasteiger partial charge on any atom is -0.387 e. The van der Waals surface area contributed by atoms with Gasteiger partial charge in [0, 0.05) is 5.02 Å². The maximum Gasteiger partial charge on any atom is 0.132 e. The summed E-state index contributed by atoms with van der Waals surface area (Å²) < 4.78 is 5.92. The highest BCUT2D eigenvalue weighted by Gasteiger charge is 2.55. The molecule has 0 radical (unpaired) electrons. The largest absolute Gasteiger partial charge is 0.387 e. The fraction of sp³-hybridized carbons (Fsp3) is 0.538. The van der Waals surface area contributed by atoms with Gasteiger partial charge in [0.25, 0.3) is 0 Å². The van der Waals surface area contributed by atoms with Gasteiger partial charge in [-0.3, -0.25) is 0 Å². The van der Waals surface area contributed by atoms with Crippen molar-refractivity contribution in [2.75, 3.05) is 6.26 Å². The van der Waals surface area contributed by atoms with Crippen molar-refractivity contribution in [2.45, 2.75) is 73.8 Å². The van der Waals surface area contributed by atoms with Gasteiger partial charge in [-0.2, -0.15) is 0 Å². The molecule has 4 nitrogen and oxygen atoms in total. The molecule has 1 aliphatic heterocycles. The molecular weight excluding hydrogens is 444 g/mol. The van der Waals surface area contributed by atoms with Crippen LogP contribution in [0, 0.1) is 5.92 Å². The summed E-state index contributed by atoms with van der Waals surface area (Å²) in [6.45, 7) is 0.